The molecule has 0 unspecified atom stereocenters. The van der Waals surface area contributed by atoms with Gasteiger partial charge in [0.1, 0.15) is 0 Å². The third-order valence-corrected chi connectivity index (χ3v) is 8.90. The fraction of sp³-hybridized carbons (Fsp3) is 0.333. The second-order valence-corrected chi connectivity index (χ2v) is 11.7. The number of hydrogen-bond acceptors (Lipinski definition) is 7. The van der Waals surface area contributed by atoms with Crippen LogP contribution in [0.15, 0.2) is 89.8 Å². The van der Waals surface area contributed by atoms with Crippen molar-refractivity contribution in [2.75, 3.05) is 50.4 Å². The number of nitrogens with one attached hydrogen (secondary N) is 1. The maximum absolute atomic E-state index is 13.6. The number of anilines is 1. The molecule has 2 aliphatic rings. The average Bonchev–Trinajstić information content (AvgIpc) is 3.03. The number of carbonyl (C=O) groups is 2. The Hall–Kier alpha value is -3.93. The number of benzene rings is 3. The largest absolute Gasteiger partial charge is 0.379 e. The molecule has 41 heavy (non-hydrogen) atoms. The molecule has 2 aliphatic heterocycles. The summed E-state index contributed by atoms with van der Waals surface area (Å²) in [5.41, 5.74) is 0.573. The van der Waals surface area contributed by atoms with Crippen LogP contribution in [-0.2, 0) is 19.6 Å². The zero-order chi connectivity index (χ0) is 28.7. The number of ether oxygens (including phenoxy) is 1. The predicted octanol–water partition coefficient (Wildman–Crippen LogP) is 2.93. The van der Waals surface area contributed by atoms with Gasteiger partial charge >= 0.3 is 0 Å². The van der Waals surface area contributed by atoms with Crippen LogP contribution in [0.3, 0.4) is 0 Å². The number of rotatable bonds is 9. The van der Waals surface area contributed by atoms with E-state index in [4.69, 9.17) is 9.57 Å². The summed E-state index contributed by atoms with van der Waals surface area (Å²) in [4.78, 5) is 35.5. The minimum Gasteiger partial charge on any atom is -0.379 e. The fourth-order valence-corrected chi connectivity index (χ4v) is 6.29. The van der Waals surface area contributed by atoms with Gasteiger partial charge < -0.3 is 19.8 Å². The quantitative estimate of drug-likeness (QED) is 0.389. The van der Waals surface area contributed by atoms with Gasteiger partial charge in [-0.1, -0.05) is 40.9 Å². The van der Waals surface area contributed by atoms with Crippen LogP contribution in [0.5, 0.6) is 5.75 Å². The van der Waals surface area contributed by atoms with E-state index in [1.165, 1.54) is 24.3 Å². The van der Waals surface area contributed by atoms with E-state index in [2.05, 4.69) is 10.2 Å². The van der Waals surface area contributed by atoms with Crippen molar-refractivity contribution < 1.29 is 27.6 Å². The molecule has 216 valence electrons. The van der Waals surface area contributed by atoms with Gasteiger partial charge in [-0.3, -0.25) is 14.5 Å². The lowest BCUT2D eigenvalue weighted by molar-refractivity contribution is -0.132. The number of morpholine rings is 1. The smallest absolute Gasteiger partial charge is 0.295 e. The number of sulfonamides is 1. The first kappa shape index (κ1) is 28.6. The van der Waals surface area contributed by atoms with Crippen LogP contribution in [0.4, 0.5) is 5.69 Å². The molecule has 2 amide bonds. The summed E-state index contributed by atoms with van der Waals surface area (Å²) in [6.07, 6.45) is 1.81. The molecule has 10 nitrogen and oxygen atoms in total. The minimum atomic E-state index is -4.14. The zero-order valence-corrected chi connectivity index (χ0v) is 23.5. The number of amides is 2. The van der Waals surface area contributed by atoms with Gasteiger partial charge in [-0.2, -0.15) is 8.42 Å². The van der Waals surface area contributed by atoms with Crippen molar-refractivity contribution in [1.82, 2.24) is 15.1 Å². The van der Waals surface area contributed by atoms with Crippen molar-refractivity contribution in [3.63, 3.8) is 0 Å². The minimum absolute atomic E-state index is 0.0481. The number of likely N-dealkylation sites (tertiary alicyclic amines) is 1. The maximum atomic E-state index is 13.6. The summed E-state index contributed by atoms with van der Waals surface area (Å²) in [7, 11) is -4.14. The second-order valence-electron chi connectivity index (χ2n) is 9.94. The average molecular weight is 579 g/mol. The molecule has 3 aromatic carbocycles. The topological polar surface area (TPSA) is 108 Å². The highest BCUT2D eigenvalue weighted by molar-refractivity contribution is 7.92. The molecular formula is C30H34N4O6S. The number of carbonyl (C=O) groups excluding carboxylic acids is 2. The van der Waals surface area contributed by atoms with E-state index in [1.54, 1.807) is 65.6 Å². The van der Waals surface area contributed by atoms with Gasteiger partial charge in [-0.05, 0) is 61.4 Å². The van der Waals surface area contributed by atoms with Crippen LogP contribution in [0, 0.1) is 0 Å². The Morgan fingerprint density at radius 2 is 1.46 bits per heavy atom. The molecule has 0 saturated carbocycles. The highest BCUT2D eigenvalue weighted by Crippen LogP contribution is 2.26. The molecule has 0 radical (unpaired) electrons. The number of para-hydroxylation sites is 2. The van der Waals surface area contributed by atoms with Crippen LogP contribution in [0.1, 0.15) is 23.2 Å². The van der Waals surface area contributed by atoms with Crippen LogP contribution < -0.4 is 14.6 Å². The third-order valence-electron chi connectivity index (χ3n) is 7.31. The van der Waals surface area contributed by atoms with Gasteiger partial charge in [0.25, 0.3) is 15.9 Å². The Labute approximate surface area is 240 Å². The van der Waals surface area contributed by atoms with Crippen LogP contribution >= 0.6 is 0 Å². The summed E-state index contributed by atoms with van der Waals surface area (Å²) < 4.78 is 33.4. The molecule has 2 fully saturated rings. The van der Waals surface area contributed by atoms with Gasteiger partial charge in [0.05, 0.1) is 30.3 Å². The van der Waals surface area contributed by atoms with Crippen molar-refractivity contribution >= 4 is 27.5 Å². The first-order valence-electron chi connectivity index (χ1n) is 13.7. The van der Waals surface area contributed by atoms with E-state index in [0.717, 1.165) is 43.6 Å². The molecule has 5 rings (SSSR count). The van der Waals surface area contributed by atoms with Crippen molar-refractivity contribution in [3.8, 4) is 5.75 Å². The highest BCUT2D eigenvalue weighted by atomic mass is 32.2. The lowest BCUT2D eigenvalue weighted by Crippen LogP contribution is -2.51. The van der Waals surface area contributed by atoms with Crippen LogP contribution in [-0.4, -0.2) is 82.0 Å². The van der Waals surface area contributed by atoms with Crippen molar-refractivity contribution in [2.45, 2.75) is 23.8 Å². The van der Waals surface area contributed by atoms with Gasteiger partial charge in [-0.15, -0.1) is 0 Å². The molecule has 0 aliphatic carbocycles. The highest BCUT2D eigenvalue weighted by Gasteiger charge is 2.29. The normalized spacial score (nSPS) is 16.6. The lowest BCUT2D eigenvalue weighted by atomic mass is 10.0. The molecule has 0 spiro atoms. The Morgan fingerprint density at radius 3 is 2.10 bits per heavy atom. The van der Waals surface area contributed by atoms with Gasteiger partial charge in [0, 0.05) is 37.8 Å². The molecule has 0 aromatic heterocycles. The van der Waals surface area contributed by atoms with E-state index in [9.17, 15) is 18.0 Å². The molecule has 1 N–H and O–H groups in total. The van der Waals surface area contributed by atoms with Gasteiger partial charge in [0.15, 0.2) is 5.75 Å². The van der Waals surface area contributed by atoms with E-state index in [-0.39, 0.29) is 22.9 Å². The number of hydrogen-bond donors (Lipinski definition) is 1. The Kier molecular flexibility index (Phi) is 9.17. The lowest BCUT2D eigenvalue weighted by Gasteiger charge is -2.40. The SMILES string of the molecule is O=C(NCC(=O)N1CCC(N2CCOCC2)CC1)c1ccc(S(=O)(=O)N(Oc2ccccc2)c2ccccc2)cc1. The molecular weight excluding hydrogens is 544 g/mol. The molecule has 0 bridgehead atoms. The van der Waals surface area contributed by atoms with Crippen molar-refractivity contribution in [2.24, 2.45) is 0 Å². The summed E-state index contributed by atoms with van der Waals surface area (Å²) in [6.45, 7) is 4.57. The van der Waals surface area contributed by atoms with E-state index < -0.39 is 15.9 Å². The summed E-state index contributed by atoms with van der Waals surface area (Å²) in [5.74, 6) is -0.230. The third kappa shape index (κ3) is 7.05. The molecule has 2 heterocycles. The van der Waals surface area contributed by atoms with E-state index >= 15 is 0 Å². The van der Waals surface area contributed by atoms with E-state index in [1.807, 2.05) is 0 Å². The van der Waals surface area contributed by atoms with E-state index in [0.29, 0.717) is 30.6 Å². The summed E-state index contributed by atoms with van der Waals surface area (Å²) in [5, 5.41) is 2.67. The Morgan fingerprint density at radius 1 is 0.854 bits per heavy atom. The van der Waals surface area contributed by atoms with Crippen LogP contribution in [0.25, 0.3) is 0 Å². The number of piperidine rings is 1. The molecule has 0 atom stereocenters. The zero-order valence-electron chi connectivity index (χ0n) is 22.7. The van der Waals surface area contributed by atoms with Crippen molar-refractivity contribution in [1.29, 1.82) is 0 Å². The predicted molar refractivity (Wildman–Crippen MR) is 154 cm³/mol. The summed E-state index contributed by atoms with van der Waals surface area (Å²) in [6, 6.07) is 23.1. The Balaban J connectivity index is 1.18. The molecule has 11 heteroatoms. The first-order valence-corrected chi connectivity index (χ1v) is 15.2. The van der Waals surface area contributed by atoms with Crippen molar-refractivity contribution in [3.05, 3.63) is 90.5 Å². The van der Waals surface area contributed by atoms with Gasteiger partial charge in [-0.25, -0.2) is 0 Å². The first-order chi connectivity index (χ1) is 19.9. The summed E-state index contributed by atoms with van der Waals surface area (Å²) >= 11 is 0. The number of nitrogens with zero attached hydrogens (tertiary/aromatic N) is 3. The monoisotopic (exact) mass is 578 g/mol. The fourth-order valence-electron chi connectivity index (χ4n) is 5.03. The molecule has 2 saturated heterocycles. The second kappa shape index (κ2) is 13.2. The standard InChI is InChI=1S/C30H34N4O6S/c35-29(33-17-15-25(16-18-33)32-19-21-39-22-20-32)23-31-30(36)24-11-13-28(14-12-24)41(37,38)34(26-7-3-1-4-8-26)40-27-9-5-2-6-10-27/h1-14,25H,15-23H2,(H,31,36). The van der Waals surface area contributed by atoms with Crippen LogP contribution in [0.2, 0.25) is 0 Å². The maximum Gasteiger partial charge on any atom is 0.295 e. The molecule has 3 aromatic rings. The Bertz CT molecular complexity index is 1410. The van der Waals surface area contributed by atoms with Gasteiger partial charge in [0.2, 0.25) is 5.91 Å².